The van der Waals surface area contributed by atoms with Gasteiger partial charge in [0.25, 0.3) is 0 Å². The molecule has 1 aliphatic heterocycles. The number of carbonyl (C=O) groups excluding carboxylic acids is 2. The lowest BCUT2D eigenvalue weighted by atomic mass is 9.74. The molecule has 1 aliphatic rings. The first kappa shape index (κ1) is 31.1. The predicted octanol–water partition coefficient (Wildman–Crippen LogP) is 7.93. The number of methoxy groups -OCH3 is 1. The summed E-state index contributed by atoms with van der Waals surface area (Å²) in [5, 5.41) is 0. The van der Waals surface area contributed by atoms with Crippen LogP contribution in [0.4, 0.5) is 50.0 Å². The molecule has 1 heterocycles. The van der Waals surface area contributed by atoms with Gasteiger partial charge < -0.3 is 9.47 Å². The Morgan fingerprint density at radius 2 is 1.38 bits per heavy atom. The zero-order valence-electron chi connectivity index (χ0n) is 21.5. The maximum absolute atomic E-state index is 13.7. The molecule has 2 aromatic carbocycles. The summed E-state index contributed by atoms with van der Waals surface area (Å²) in [6, 6.07) is 1.91. The molecule has 0 saturated heterocycles. The van der Waals surface area contributed by atoms with E-state index in [2.05, 4.69) is 0 Å². The highest BCUT2D eigenvalue weighted by Crippen LogP contribution is 2.49. The molecule has 40 heavy (non-hydrogen) atoms. The monoisotopic (exact) mass is 585 g/mol. The van der Waals surface area contributed by atoms with Crippen molar-refractivity contribution in [2.24, 2.45) is 0 Å². The Bertz CT molecular complexity index is 1240. The van der Waals surface area contributed by atoms with Crippen LogP contribution < -0.4 is 4.90 Å². The summed E-state index contributed by atoms with van der Waals surface area (Å²) >= 11 is 0. The zero-order chi connectivity index (χ0) is 30.4. The van der Waals surface area contributed by atoms with Gasteiger partial charge in [-0.15, -0.1) is 0 Å². The van der Waals surface area contributed by atoms with Gasteiger partial charge in [-0.3, -0.25) is 9.69 Å². The maximum Gasteiger partial charge on any atom is 0.416 e. The number of benzene rings is 2. The van der Waals surface area contributed by atoms with Crippen LogP contribution in [-0.4, -0.2) is 31.3 Å². The first-order chi connectivity index (χ1) is 18.3. The summed E-state index contributed by atoms with van der Waals surface area (Å²) in [6.45, 7) is 4.51. The van der Waals surface area contributed by atoms with Crippen LogP contribution in [-0.2, 0) is 32.8 Å². The minimum Gasteiger partial charge on any atom is -0.469 e. The van der Waals surface area contributed by atoms with Crippen molar-refractivity contribution in [3.63, 3.8) is 0 Å². The number of alkyl halides is 9. The molecule has 0 fully saturated rings. The largest absolute Gasteiger partial charge is 0.469 e. The topological polar surface area (TPSA) is 55.8 Å². The molecule has 0 saturated carbocycles. The minimum atomic E-state index is -5.24. The average Bonchev–Trinajstić information content (AvgIpc) is 2.81. The SMILES string of the molecule is COC(=O)[C@@H](c1cc(C(F)(F)F)cc(C(F)(F)F)c1)[C@H]1C[C@@H](C)N(C(=O)OC(C)C)c2ccc(C(F)(F)F)cc21. The Morgan fingerprint density at radius 3 is 1.82 bits per heavy atom. The molecule has 14 heteroatoms. The van der Waals surface area contributed by atoms with Crippen molar-refractivity contribution in [1.29, 1.82) is 0 Å². The highest BCUT2D eigenvalue weighted by atomic mass is 19.4. The number of carbonyl (C=O) groups is 2. The van der Waals surface area contributed by atoms with Gasteiger partial charge >= 0.3 is 30.6 Å². The van der Waals surface area contributed by atoms with Gasteiger partial charge in [-0.25, -0.2) is 4.79 Å². The minimum absolute atomic E-state index is 0.124. The van der Waals surface area contributed by atoms with Crippen LogP contribution in [0.3, 0.4) is 0 Å². The molecular formula is C26H24F9NO4. The Labute approximate surface area is 222 Å². The lowest BCUT2D eigenvalue weighted by molar-refractivity contribution is -0.146. The molecule has 0 unspecified atom stereocenters. The molecule has 0 bridgehead atoms. The van der Waals surface area contributed by atoms with Gasteiger partial charge in [0.1, 0.15) is 0 Å². The first-order valence-corrected chi connectivity index (χ1v) is 11.8. The third-order valence-electron chi connectivity index (χ3n) is 6.41. The van der Waals surface area contributed by atoms with Crippen LogP contribution in [0, 0.1) is 0 Å². The Balaban J connectivity index is 2.32. The van der Waals surface area contributed by atoms with E-state index in [-0.39, 0.29) is 23.7 Å². The van der Waals surface area contributed by atoms with E-state index < -0.39 is 76.8 Å². The number of hydrogen-bond donors (Lipinski definition) is 0. The second-order valence-electron chi connectivity index (χ2n) is 9.61. The second kappa shape index (κ2) is 10.8. The summed E-state index contributed by atoms with van der Waals surface area (Å²) in [5.41, 5.74) is -5.81. The summed E-state index contributed by atoms with van der Waals surface area (Å²) in [7, 11) is 0.846. The summed E-state index contributed by atoms with van der Waals surface area (Å²) < 4.78 is 132. The van der Waals surface area contributed by atoms with Crippen molar-refractivity contribution in [3.05, 3.63) is 64.2 Å². The Morgan fingerprint density at radius 1 is 0.850 bits per heavy atom. The lowest BCUT2D eigenvalue weighted by Gasteiger charge is -2.41. The van der Waals surface area contributed by atoms with Crippen molar-refractivity contribution in [3.8, 4) is 0 Å². The van der Waals surface area contributed by atoms with Crippen LogP contribution in [0.5, 0.6) is 0 Å². The molecule has 1 amide bonds. The smallest absolute Gasteiger partial charge is 0.416 e. The van der Waals surface area contributed by atoms with E-state index >= 15 is 0 Å². The van der Waals surface area contributed by atoms with E-state index in [4.69, 9.17) is 9.47 Å². The van der Waals surface area contributed by atoms with Crippen LogP contribution in [0.25, 0.3) is 0 Å². The van der Waals surface area contributed by atoms with Gasteiger partial charge in [0.15, 0.2) is 0 Å². The zero-order valence-corrected chi connectivity index (χ0v) is 21.5. The molecular weight excluding hydrogens is 561 g/mol. The Kier molecular flexibility index (Phi) is 8.43. The molecule has 0 spiro atoms. The van der Waals surface area contributed by atoms with Gasteiger partial charge in [0.05, 0.1) is 41.5 Å². The first-order valence-electron chi connectivity index (χ1n) is 11.8. The fourth-order valence-electron chi connectivity index (χ4n) is 4.76. The summed E-state index contributed by atoms with van der Waals surface area (Å²) in [6.07, 6.45) is -17.3. The third-order valence-corrected chi connectivity index (χ3v) is 6.41. The van der Waals surface area contributed by atoms with E-state index in [9.17, 15) is 49.1 Å². The maximum atomic E-state index is 13.7. The molecule has 220 valence electrons. The van der Waals surface area contributed by atoms with Crippen LogP contribution in [0.15, 0.2) is 36.4 Å². The van der Waals surface area contributed by atoms with Crippen molar-refractivity contribution >= 4 is 17.7 Å². The average molecular weight is 585 g/mol. The van der Waals surface area contributed by atoms with Gasteiger partial charge in [-0.2, -0.15) is 39.5 Å². The summed E-state index contributed by atoms with van der Waals surface area (Å²) in [5.74, 6) is -4.57. The number of anilines is 1. The number of esters is 1. The number of halogens is 9. The number of fused-ring (bicyclic) bond motifs is 1. The molecule has 0 aromatic heterocycles. The molecule has 0 aliphatic carbocycles. The quantitative estimate of drug-likeness (QED) is 0.270. The van der Waals surface area contributed by atoms with Crippen molar-refractivity contribution in [1.82, 2.24) is 0 Å². The normalized spacial score (nSPS) is 18.8. The molecule has 2 aromatic rings. The molecule has 0 radical (unpaired) electrons. The van der Waals surface area contributed by atoms with Gasteiger partial charge in [0.2, 0.25) is 0 Å². The van der Waals surface area contributed by atoms with Crippen molar-refractivity contribution < 1.29 is 58.6 Å². The third kappa shape index (κ3) is 6.47. The second-order valence-corrected chi connectivity index (χ2v) is 9.61. The molecule has 5 nitrogen and oxygen atoms in total. The van der Waals surface area contributed by atoms with E-state index in [1.54, 1.807) is 0 Å². The highest BCUT2D eigenvalue weighted by molar-refractivity contribution is 5.91. The lowest BCUT2D eigenvalue weighted by Crippen LogP contribution is -2.45. The number of ether oxygens (including phenoxy) is 2. The Hall–Kier alpha value is -3.45. The van der Waals surface area contributed by atoms with Crippen molar-refractivity contribution in [2.75, 3.05) is 12.0 Å². The number of rotatable bonds is 4. The number of amides is 1. The molecule has 3 rings (SSSR count). The van der Waals surface area contributed by atoms with E-state index in [1.165, 1.54) is 20.8 Å². The summed E-state index contributed by atoms with van der Waals surface area (Å²) in [4.78, 5) is 26.9. The fourth-order valence-corrected chi connectivity index (χ4v) is 4.76. The van der Waals surface area contributed by atoms with Crippen LogP contribution in [0.1, 0.15) is 66.8 Å². The van der Waals surface area contributed by atoms with Gasteiger partial charge in [-0.1, -0.05) is 0 Å². The predicted molar refractivity (Wildman–Crippen MR) is 124 cm³/mol. The fraction of sp³-hybridized carbons (Fsp3) is 0.462. The molecule has 3 atom stereocenters. The van der Waals surface area contributed by atoms with E-state index in [0.717, 1.165) is 18.1 Å². The van der Waals surface area contributed by atoms with Gasteiger partial charge in [-0.05, 0) is 74.7 Å². The van der Waals surface area contributed by atoms with Crippen molar-refractivity contribution in [2.45, 2.75) is 69.7 Å². The standard InChI is InChI=1S/C26H24F9NO4/c1-12(2)40-23(38)36-13(3)7-19(18-11-15(24(27,28)29)5-6-20(18)36)21(22(37)39-4)14-8-16(25(30,31)32)10-17(9-14)26(33,34)35/h5-6,8-13,19,21H,7H2,1-4H3/t13-,19+,21+/m1/s1. The van der Waals surface area contributed by atoms with Gasteiger partial charge in [0, 0.05) is 12.0 Å². The highest BCUT2D eigenvalue weighted by Gasteiger charge is 2.45. The van der Waals surface area contributed by atoms with E-state index in [1.807, 2.05) is 0 Å². The number of nitrogens with zero attached hydrogens (tertiary/aromatic N) is 1. The molecule has 0 N–H and O–H groups in total. The van der Waals surface area contributed by atoms with Crippen LogP contribution >= 0.6 is 0 Å². The van der Waals surface area contributed by atoms with Crippen LogP contribution in [0.2, 0.25) is 0 Å². The van der Waals surface area contributed by atoms with E-state index in [0.29, 0.717) is 24.3 Å². The number of hydrogen-bond acceptors (Lipinski definition) is 4.